The highest BCUT2D eigenvalue weighted by atomic mass is 15.1. The van der Waals surface area contributed by atoms with Gasteiger partial charge in [-0.05, 0) is 18.9 Å². The summed E-state index contributed by atoms with van der Waals surface area (Å²) in [6, 6.07) is 0. The van der Waals surface area contributed by atoms with Crippen molar-refractivity contribution >= 4 is 0 Å². The van der Waals surface area contributed by atoms with Crippen molar-refractivity contribution in [2.45, 2.75) is 19.3 Å². The van der Waals surface area contributed by atoms with E-state index in [0.29, 0.717) is 0 Å². The van der Waals surface area contributed by atoms with Crippen LogP contribution in [0, 0.1) is 0 Å². The molecule has 1 heterocycles. The van der Waals surface area contributed by atoms with Crippen molar-refractivity contribution < 1.29 is 0 Å². The summed E-state index contributed by atoms with van der Waals surface area (Å²) < 4.78 is 0. The van der Waals surface area contributed by atoms with Crippen LogP contribution in [0.2, 0.25) is 0 Å². The highest BCUT2D eigenvalue weighted by Gasteiger charge is 2.14. The van der Waals surface area contributed by atoms with Crippen molar-refractivity contribution in [3.05, 3.63) is 23.9 Å². The van der Waals surface area contributed by atoms with Gasteiger partial charge in [-0.1, -0.05) is 12.2 Å². The Morgan fingerprint density at radius 1 is 1.20 bits per heavy atom. The highest BCUT2D eigenvalue weighted by Crippen LogP contribution is 2.20. The molecular formula is C9H13N. The first kappa shape index (κ1) is 6.02. The zero-order chi connectivity index (χ0) is 6.81. The zero-order valence-electron chi connectivity index (χ0n) is 6.21. The molecule has 2 aliphatic rings. The second kappa shape index (κ2) is 2.49. The number of likely N-dealkylation sites (tertiary alicyclic amines) is 1. The summed E-state index contributed by atoms with van der Waals surface area (Å²) in [5, 5.41) is 0. The molecule has 0 radical (unpaired) electrons. The third-order valence-electron chi connectivity index (χ3n) is 2.26. The molecule has 0 unspecified atom stereocenters. The number of nitrogens with zero attached hydrogens (tertiary/aromatic N) is 1. The van der Waals surface area contributed by atoms with Crippen molar-refractivity contribution in [2.24, 2.45) is 0 Å². The van der Waals surface area contributed by atoms with E-state index in [0.717, 1.165) is 0 Å². The molecule has 0 bridgehead atoms. The van der Waals surface area contributed by atoms with Crippen molar-refractivity contribution in [2.75, 3.05) is 13.1 Å². The van der Waals surface area contributed by atoms with Gasteiger partial charge in [-0.3, -0.25) is 0 Å². The first-order chi connectivity index (χ1) is 4.97. The van der Waals surface area contributed by atoms with E-state index in [-0.39, 0.29) is 0 Å². The van der Waals surface area contributed by atoms with Crippen LogP contribution in [0.1, 0.15) is 19.3 Å². The van der Waals surface area contributed by atoms with Crippen LogP contribution in [0.4, 0.5) is 0 Å². The van der Waals surface area contributed by atoms with Gasteiger partial charge in [0.1, 0.15) is 0 Å². The Morgan fingerprint density at radius 3 is 2.60 bits per heavy atom. The van der Waals surface area contributed by atoms with Gasteiger partial charge >= 0.3 is 0 Å². The lowest BCUT2D eigenvalue weighted by Crippen LogP contribution is -2.16. The Labute approximate surface area is 62.0 Å². The second-order valence-corrected chi connectivity index (χ2v) is 2.98. The average Bonchev–Trinajstić information content (AvgIpc) is 2.59. The van der Waals surface area contributed by atoms with Gasteiger partial charge in [0.15, 0.2) is 0 Å². The molecule has 0 aromatic carbocycles. The first-order valence-corrected chi connectivity index (χ1v) is 4.07. The molecule has 1 heteroatoms. The maximum Gasteiger partial charge on any atom is 0.0175 e. The lowest BCUT2D eigenvalue weighted by atomic mass is 10.3. The van der Waals surface area contributed by atoms with Crippen molar-refractivity contribution in [3.63, 3.8) is 0 Å². The van der Waals surface area contributed by atoms with Gasteiger partial charge in [-0.25, -0.2) is 0 Å². The summed E-state index contributed by atoms with van der Waals surface area (Å²) in [5.41, 5.74) is 1.53. The Bertz CT molecular complexity index is 173. The van der Waals surface area contributed by atoms with Crippen molar-refractivity contribution in [1.29, 1.82) is 0 Å². The predicted octanol–water partition coefficient (Wildman–Crippen LogP) is 1.93. The topological polar surface area (TPSA) is 3.24 Å². The van der Waals surface area contributed by atoms with Gasteiger partial charge in [-0.15, -0.1) is 0 Å². The minimum Gasteiger partial charge on any atom is -0.375 e. The van der Waals surface area contributed by atoms with Crippen LogP contribution < -0.4 is 0 Å². The van der Waals surface area contributed by atoms with Crippen LogP contribution in [0.5, 0.6) is 0 Å². The Kier molecular flexibility index (Phi) is 1.50. The maximum atomic E-state index is 2.50. The van der Waals surface area contributed by atoms with E-state index >= 15 is 0 Å². The second-order valence-electron chi connectivity index (χ2n) is 2.98. The molecule has 1 aliphatic carbocycles. The van der Waals surface area contributed by atoms with E-state index in [1.807, 2.05) is 0 Å². The van der Waals surface area contributed by atoms with Gasteiger partial charge in [0.25, 0.3) is 0 Å². The smallest absolute Gasteiger partial charge is 0.0175 e. The number of rotatable bonds is 1. The molecule has 0 spiro atoms. The lowest BCUT2D eigenvalue weighted by molar-refractivity contribution is 0.421. The minimum absolute atomic E-state index is 1.17. The summed E-state index contributed by atoms with van der Waals surface area (Å²) >= 11 is 0. The van der Waals surface area contributed by atoms with Gasteiger partial charge in [-0.2, -0.15) is 0 Å². The largest absolute Gasteiger partial charge is 0.375 e. The average molecular weight is 135 g/mol. The van der Waals surface area contributed by atoms with Crippen LogP contribution in [0.3, 0.4) is 0 Å². The summed E-state index contributed by atoms with van der Waals surface area (Å²) in [6.07, 6.45) is 10.6. The zero-order valence-corrected chi connectivity index (χ0v) is 6.21. The van der Waals surface area contributed by atoms with Crippen LogP contribution >= 0.6 is 0 Å². The molecule has 1 nitrogen and oxygen atoms in total. The summed E-state index contributed by atoms with van der Waals surface area (Å²) in [7, 11) is 0. The number of allylic oxidation sites excluding steroid dienone is 3. The molecule has 0 aromatic rings. The lowest BCUT2D eigenvalue weighted by Gasteiger charge is -2.18. The number of hydrogen-bond acceptors (Lipinski definition) is 1. The Balaban J connectivity index is 1.99. The molecule has 2 rings (SSSR count). The quantitative estimate of drug-likeness (QED) is 0.531. The normalized spacial score (nSPS) is 24.0. The van der Waals surface area contributed by atoms with Crippen molar-refractivity contribution in [3.8, 4) is 0 Å². The van der Waals surface area contributed by atoms with E-state index in [4.69, 9.17) is 0 Å². The third-order valence-corrected chi connectivity index (χ3v) is 2.26. The van der Waals surface area contributed by atoms with Gasteiger partial charge in [0, 0.05) is 25.2 Å². The molecule has 0 aromatic heterocycles. The van der Waals surface area contributed by atoms with Crippen molar-refractivity contribution in [1.82, 2.24) is 4.90 Å². The van der Waals surface area contributed by atoms with Crippen LogP contribution in [-0.2, 0) is 0 Å². The SMILES string of the molecule is C1=CCC(N2CCCC2)=C1. The predicted molar refractivity (Wildman–Crippen MR) is 42.6 cm³/mol. The summed E-state index contributed by atoms with van der Waals surface area (Å²) in [5.74, 6) is 0. The fraction of sp³-hybridized carbons (Fsp3) is 0.556. The maximum absolute atomic E-state index is 2.50. The first-order valence-electron chi connectivity index (χ1n) is 4.07. The molecule has 1 aliphatic heterocycles. The number of hydrogen-bond donors (Lipinski definition) is 0. The Morgan fingerprint density at radius 2 is 2.00 bits per heavy atom. The van der Waals surface area contributed by atoms with Gasteiger partial charge < -0.3 is 4.90 Å². The van der Waals surface area contributed by atoms with E-state index in [2.05, 4.69) is 23.1 Å². The monoisotopic (exact) mass is 135 g/mol. The molecule has 0 amide bonds. The standard InChI is InChI=1S/C9H13N/c1-2-6-9(5-1)10-7-3-4-8-10/h1-2,5H,3-4,6-8H2. The minimum atomic E-state index is 1.17. The van der Waals surface area contributed by atoms with Gasteiger partial charge in [0.2, 0.25) is 0 Å². The fourth-order valence-electron chi connectivity index (χ4n) is 1.67. The molecule has 10 heavy (non-hydrogen) atoms. The molecule has 0 atom stereocenters. The Hall–Kier alpha value is -0.720. The molecule has 1 fully saturated rings. The summed E-state index contributed by atoms with van der Waals surface area (Å²) in [6.45, 7) is 2.57. The van der Waals surface area contributed by atoms with E-state index in [1.165, 1.54) is 38.0 Å². The fourth-order valence-corrected chi connectivity index (χ4v) is 1.67. The molecule has 1 saturated heterocycles. The highest BCUT2D eigenvalue weighted by molar-refractivity contribution is 5.22. The van der Waals surface area contributed by atoms with E-state index in [9.17, 15) is 0 Å². The third kappa shape index (κ3) is 0.962. The van der Waals surface area contributed by atoms with Crippen LogP contribution in [0.25, 0.3) is 0 Å². The van der Waals surface area contributed by atoms with E-state index in [1.54, 1.807) is 0 Å². The molecule has 54 valence electrons. The van der Waals surface area contributed by atoms with Crippen LogP contribution in [-0.4, -0.2) is 18.0 Å². The van der Waals surface area contributed by atoms with E-state index < -0.39 is 0 Å². The molecule has 0 N–H and O–H groups in total. The summed E-state index contributed by atoms with van der Waals surface area (Å²) in [4.78, 5) is 2.50. The molecular weight excluding hydrogens is 122 g/mol. The van der Waals surface area contributed by atoms with Crippen LogP contribution in [0.15, 0.2) is 23.9 Å². The molecule has 0 saturated carbocycles. The van der Waals surface area contributed by atoms with Gasteiger partial charge in [0.05, 0.1) is 0 Å².